The van der Waals surface area contributed by atoms with Gasteiger partial charge in [0, 0.05) is 30.8 Å². The summed E-state index contributed by atoms with van der Waals surface area (Å²) in [6, 6.07) is 25.8. The van der Waals surface area contributed by atoms with E-state index in [0.29, 0.717) is 11.9 Å². The van der Waals surface area contributed by atoms with E-state index in [2.05, 4.69) is 5.32 Å². The molecule has 0 saturated heterocycles. The van der Waals surface area contributed by atoms with Crippen LogP contribution in [0.5, 0.6) is 0 Å². The van der Waals surface area contributed by atoms with Crippen molar-refractivity contribution in [3.63, 3.8) is 0 Å². The zero-order valence-electron chi connectivity index (χ0n) is 17.5. The zero-order chi connectivity index (χ0) is 20.9. The zero-order valence-corrected chi connectivity index (χ0v) is 18.4. The van der Waals surface area contributed by atoms with E-state index in [0.717, 1.165) is 22.5 Å². The molecule has 0 unspecified atom stereocenters. The molecular formula is C24H29N2O2P. The lowest BCUT2D eigenvalue weighted by atomic mass is 10.1. The van der Waals surface area contributed by atoms with Gasteiger partial charge in [-0.25, -0.2) is 0 Å². The first-order valence-corrected chi connectivity index (χ1v) is 11.5. The predicted octanol–water partition coefficient (Wildman–Crippen LogP) is 5.81. The molecule has 0 heterocycles. The summed E-state index contributed by atoms with van der Waals surface area (Å²) in [6.07, 6.45) is 0. The largest absolute Gasteiger partial charge is 0.378 e. The van der Waals surface area contributed by atoms with Crippen molar-refractivity contribution in [3.8, 4) is 0 Å². The third kappa shape index (κ3) is 4.90. The topological polar surface area (TPSA) is 41.6 Å². The van der Waals surface area contributed by atoms with Crippen molar-refractivity contribution in [3.05, 3.63) is 90.0 Å². The lowest BCUT2D eigenvalue weighted by Gasteiger charge is -2.30. The smallest absolute Gasteiger partial charge is 0.258 e. The first kappa shape index (κ1) is 21.2. The van der Waals surface area contributed by atoms with Gasteiger partial charge < -0.3 is 14.7 Å². The highest BCUT2D eigenvalue weighted by Crippen LogP contribution is 2.59. The van der Waals surface area contributed by atoms with E-state index in [9.17, 15) is 4.57 Å². The second-order valence-corrected chi connectivity index (χ2v) is 9.73. The van der Waals surface area contributed by atoms with E-state index >= 15 is 0 Å². The molecule has 0 saturated carbocycles. The van der Waals surface area contributed by atoms with Crippen LogP contribution in [0.15, 0.2) is 78.9 Å². The molecule has 0 amide bonds. The molecule has 0 aromatic heterocycles. The molecule has 3 aromatic rings. The minimum atomic E-state index is -3.26. The first-order chi connectivity index (χ1) is 13.9. The Labute approximate surface area is 174 Å². The van der Waals surface area contributed by atoms with Crippen molar-refractivity contribution in [1.29, 1.82) is 0 Å². The van der Waals surface area contributed by atoms with Gasteiger partial charge in [0.05, 0.1) is 6.61 Å². The summed E-state index contributed by atoms with van der Waals surface area (Å²) in [5, 5.41) is 4.18. The molecule has 0 aliphatic carbocycles. The maximum Gasteiger partial charge on any atom is 0.258 e. The number of nitrogens with one attached hydrogen (secondary N) is 1. The molecule has 152 valence electrons. The van der Waals surface area contributed by atoms with Gasteiger partial charge in [0.15, 0.2) is 0 Å². The van der Waals surface area contributed by atoms with Gasteiger partial charge in [0.25, 0.3) is 7.37 Å². The van der Waals surface area contributed by atoms with Crippen LogP contribution in [0.4, 0.5) is 11.4 Å². The number of aryl methyl sites for hydroxylation is 1. The summed E-state index contributed by atoms with van der Waals surface area (Å²) in [5.41, 5.74) is 4.06. The van der Waals surface area contributed by atoms with Crippen molar-refractivity contribution in [1.82, 2.24) is 0 Å². The monoisotopic (exact) mass is 408 g/mol. The fourth-order valence-electron chi connectivity index (χ4n) is 3.25. The van der Waals surface area contributed by atoms with E-state index in [1.807, 2.05) is 112 Å². The van der Waals surface area contributed by atoms with E-state index in [1.54, 1.807) is 0 Å². The third-order valence-corrected chi connectivity index (χ3v) is 7.62. The van der Waals surface area contributed by atoms with Crippen molar-refractivity contribution >= 4 is 24.0 Å². The molecule has 29 heavy (non-hydrogen) atoms. The van der Waals surface area contributed by atoms with Crippen LogP contribution in [0, 0.1) is 6.92 Å². The Morgan fingerprint density at radius 1 is 0.931 bits per heavy atom. The van der Waals surface area contributed by atoms with Crippen LogP contribution < -0.4 is 15.5 Å². The number of rotatable bonds is 8. The molecule has 0 aliphatic rings. The summed E-state index contributed by atoms with van der Waals surface area (Å²) in [6.45, 7) is 4.30. The van der Waals surface area contributed by atoms with Gasteiger partial charge in [0.2, 0.25) is 0 Å². The maximum absolute atomic E-state index is 14.4. The minimum Gasteiger partial charge on any atom is -0.378 e. The van der Waals surface area contributed by atoms with Gasteiger partial charge in [-0.15, -0.1) is 0 Å². The predicted molar refractivity (Wildman–Crippen MR) is 124 cm³/mol. The number of nitrogens with zero attached hydrogens (tertiary/aromatic N) is 1. The second kappa shape index (κ2) is 9.30. The van der Waals surface area contributed by atoms with E-state index < -0.39 is 13.2 Å². The molecule has 4 nitrogen and oxygen atoms in total. The number of hydrogen-bond acceptors (Lipinski definition) is 4. The molecule has 0 bridgehead atoms. The number of para-hydroxylation sites is 1. The van der Waals surface area contributed by atoms with Gasteiger partial charge in [-0.05, 0) is 55.8 Å². The molecule has 0 aliphatic heterocycles. The fourth-order valence-corrected chi connectivity index (χ4v) is 5.68. The molecule has 0 radical (unpaired) electrons. The Hall–Kier alpha value is -2.55. The van der Waals surface area contributed by atoms with Crippen molar-refractivity contribution < 1.29 is 9.09 Å². The van der Waals surface area contributed by atoms with Gasteiger partial charge in [-0.3, -0.25) is 4.57 Å². The average Bonchev–Trinajstić information content (AvgIpc) is 2.74. The molecule has 2 atom stereocenters. The standard InChI is InChI=1S/C24H29N2O2P/c1-5-28-29(27,23-17-15-22(16-18-23)26(3)4)24(20-13-11-19(2)12-14-20)25-21-9-7-6-8-10-21/h6-18,24-25H,5H2,1-4H3/t24-,29-/m0/s1. The van der Waals surface area contributed by atoms with Crippen LogP contribution in [-0.2, 0) is 9.09 Å². The summed E-state index contributed by atoms with van der Waals surface area (Å²) in [5.74, 6) is -0.490. The van der Waals surface area contributed by atoms with E-state index in [4.69, 9.17) is 4.52 Å². The number of benzene rings is 3. The van der Waals surface area contributed by atoms with Crippen molar-refractivity contribution in [2.75, 3.05) is 30.9 Å². The minimum absolute atomic E-state index is 0.367. The number of anilines is 2. The van der Waals surface area contributed by atoms with Crippen LogP contribution in [0.25, 0.3) is 0 Å². The molecule has 3 aromatic carbocycles. The first-order valence-electron chi connectivity index (χ1n) is 9.84. The highest BCUT2D eigenvalue weighted by atomic mass is 31.2. The van der Waals surface area contributed by atoms with Crippen LogP contribution in [0.1, 0.15) is 23.8 Å². The maximum atomic E-state index is 14.4. The van der Waals surface area contributed by atoms with Gasteiger partial charge in [0.1, 0.15) is 5.78 Å². The summed E-state index contributed by atoms with van der Waals surface area (Å²) < 4.78 is 20.4. The van der Waals surface area contributed by atoms with Crippen LogP contribution >= 0.6 is 7.37 Å². The van der Waals surface area contributed by atoms with Gasteiger partial charge >= 0.3 is 0 Å². The molecule has 1 N–H and O–H groups in total. The van der Waals surface area contributed by atoms with Crippen LogP contribution in [0.3, 0.4) is 0 Å². The van der Waals surface area contributed by atoms with Crippen LogP contribution in [0.2, 0.25) is 0 Å². The molecule has 5 heteroatoms. The van der Waals surface area contributed by atoms with Crippen molar-refractivity contribution in [2.45, 2.75) is 19.6 Å². The van der Waals surface area contributed by atoms with Gasteiger partial charge in [-0.2, -0.15) is 0 Å². The molecule has 3 rings (SSSR count). The molecule has 0 spiro atoms. The lowest BCUT2D eigenvalue weighted by molar-refractivity contribution is 0.335. The highest BCUT2D eigenvalue weighted by Gasteiger charge is 2.37. The Morgan fingerprint density at radius 3 is 2.10 bits per heavy atom. The summed E-state index contributed by atoms with van der Waals surface area (Å²) in [4.78, 5) is 2.02. The SMILES string of the molecule is CCO[P@@](=O)(c1ccc(N(C)C)cc1)[C@H](Nc1ccccc1)c1ccc(C)cc1. The molecule has 0 fully saturated rings. The van der Waals surface area contributed by atoms with Crippen molar-refractivity contribution in [2.24, 2.45) is 0 Å². The normalized spacial score (nSPS) is 14.1. The lowest BCUT2D eigenvalue weighted by Crippen LogP contribution is -2.21. The van der Waals surface area contributed by atoms with Crippen LogP contribution in [-0.4, -0.2) is 20.7 Å². The highest BCUT2D eigenvalue weighted by molar-refractivity contribution is 7.67. The molecular weight excluding hydrogens is 379 g/mol. The van der Waals surface area contributed by atoms with E-state index in [1.165, 1.54) is 0 Å². The van der Waals surface area contributed by atoms with Gasteiger partial charge in [-0.1, -0.05) is 48.0 Å². The second-order valence-electron chi connectivity index (χ2n) is 7.25. The Kier molecular flexibility index (Phi) is 6.79. The number of hydrogen-bond donors (Lipinski definition) is 1. The summed E-state index contributed by atoms with van der Waals surface area (Å²) >= 11 is 0. The quantitative estimate of drug-likeness (QED) is 0.478. The average molecular weight is 408 g/mol. The Morgan fingerprint density at radius 2 is 1.55 bits per heavy atom. The fraction of sp³-hybridized carbons (Fsp3) is 0.250. The third-order valence-electron chi connectivity index (χ3n) is 4.86. The van der Waals surface area contributed by atoms with E-state index in [-0.39, 0.29) is 0 Å². The Bertz CT molecular complexity index is 954. The summed E-state index contributed by atoms with van der Waals surface area (Å²) in [7, 11) is 0.715. The Balaban J connectivity index is 2.09.